The minimum atomic E-state index is -0.539. The van der Waals surface area contributed by atoms with Crippen LogP contribution in [0.25, 0.3) is 0 Å². The predicted molar refractivity (Wildman–Crippen MR) is 85.8 cm³/mol. The third kappa shape index (κ3) is 3.20. The van der Waals surface area contributed by atoms with Gasteiger partial charge in [-0.05, 0) is 43.4 Å². The summed E-state index contributed by atoms with van der Waals surface area (Å²) in [5, 5.41) is 0.356. The number of carbonyl (C=O) groups excluding carboxylic acids is 2. The molecule has 124 valence electrons. The van der Waals surface area contributed by atoms with Crippen molar-refractivity contribution in [3.05, 3.63) is 34.6 Å². The van der Waals surface area contributed by atoms with Gasteiger partial charge in [0.15, 0.2) is 0 Å². The highest BCUT2D eigenvalue weighted by molar-refractivity contribution is 6.31. The number of likely N-dealkylation sites (tertiary alicyclic amines) is 2. The van der Waals surface area contributed by atoms with Crippen molar-refractivity contribution in [2.24, 2.45) is 5.92 Å². The van der Waals surface area contributed by atoms with Gasteiger partial charge in [-0.1, -0.05) is 11.6 Å². The van der Waals surface area contributed by atoms with E-state index < -0.39 is 5.82 Å². The molecular formula is C17H20ClFN2O2. The van der Waals surface area contributed by atoms with Crippen LogP contribution in [0.2, 0.25) is 5.02 Å². The smallest absolute Gasteiger partial charge is 0.257 e. The lowest BCUT2D eigenvalue weighted by Gasteiger charge is -2.47. The SMILES string of the molecule is CC(=O)N1CC[C@H]2[C@H](CCCN2C(=O)c2cc(Cl)ccc2F)C1. The number of nitrogens with zero attached hydrogens (tertiary/aromatic N) is 2. The molecule has 23 heavy (non-hydrogen) atoms. The zero-order valence-corrected chi connectivity index (χ0v) is 13.9. The molecule has 0 saturated carbocycles. The standard InChI is InChI=1S/C17H20ClFN2O2/c1-11(22)20-8-6-16-12(10-20)3-2-7-21(16)17(23)14-9-13(18)4-5-15(14)19/h4-5,9,12,16H,2-3,6-8,10H2,1H3/t12-,16+/m1/s1. The molecule has 2 amide bonds. The maximum absolute atomic E-state index is 14.0. The van der Waals surface area contributed by atoms with Crippen LogP contribution in [-0.4, -0.2) is 47.3 Å². The second kappa shape index (κ2) is 6.48. The van der Waals surface area contributed by atoms with E-state index in [9.17, 15) is 14.0 Å². The Morgan fingerprint density at radius 3 is 2.78 bits per heavy atom. The lowest BCUT2D eigenvalue weighted by molar-refractivity contribution is -0.132. The van der Waals surface area contributed by atoms with Gasteiger partial charge in [-0.25, -0.2) is 4.39 Å². The molecule has 2 aliphatic heterocycles. The Hall–Kier alpha value is -1.62. The van der Waals surface area contributed by atoms with Gasteiger partial charge in [-0.2, -0.15) is 0 Å². The minimum Gasteiger partial charge on any atom is -0.343 e. The van der Waals surface area contributed by atoms with Gasteiger partial charge in [0, 0.05) is 37.6 Å². The van der Waals surface area contributed by atoms with E-state index in [2.05, 4.69) is 0 Å². The van der Waals surface area contributed by atoms with Crippen molar-refractivity contribution in [3.63, 3.8) is 0 Å². The van der Waals surface area contributed by atoms with E-state index in [1.54, 1.807) is 11.8 Å². The topological polar surface area (TPSA) is 40.6 Å². The van der Waals surface area contributed by atoms with Crippen molar-refractivity contribution in [1.29, 1.82) is 0 Å². The van der Waals surface area contributed by atoms with Crippen LogP contribution in [0.4, 0.5) is 4.39 Å². The molecule has 0 aromatic heterocycles. The summed E-state index contributed by atoms with van der Waals surface area (Å²) in [6, 6.07) is 4.14. The molecular weight excluding hydrogens is 319 g/mol. The molecule has 0 radical (unpaired) electrons. The zero-order chi connectivity index (χ0) is 16.6. The maximum Gasteiger partial charge on any atom is 0.257 e. The van der Waals surface area contributed by atoms with Crippen LogP contribution in [0, 0.1) is 11.7 Å². The molecule has 0 N–H and O–H groups in total. The summed E-state index contributed by atoms with van der Waals surface area (Å²) in [6.07, 6.45) is 2.62. The molecule has 2 atom stereocenters. The molecule has 3 rings (SSSR count). The first-order valence-corrected chi connectivity index (χ1v) is 8.36. The van der Waals surface area contributed by atoms with E-state index in [0.717, 1.165) is 19.3 Å². The molecule has 0 aliphatic carbocycles. The summed E-state index contributed by atoms with van der Waals surface area (Å²) in [5.74, 6) is -0.487. The van der Waals surface area contributed by atoms with Crippen LogP contribution in [0.15, 0.2) is 18.2 Å². The van der Waals surface area contributed by atoms with E-state index in [4.69, 9.17) is 11.6 Å². The van der Waals surface area contributed by atoms with E-state index in [1.165, 1.54) is 18.2 Å². The van der Waals surface area contributed by atoms with Crippen molar-refractivity contribution in [3.8, 4) is 0 Å². The third-order valence-electron chi connectivity index (χ3n) is 4.93. The van der Waals surface area contributed by atoms with Crippen molar-refractivity contribution < 1.29 is 14.0 Å². The number of halogens is 2. The summed E-state index contributed by atoms with van der Waals surface area (Å²) >= 11 is 5.91. The van der Waals surface area contributed by atoms with Crippen LogP contribution in [0.1, 0.15) is 36.5 Å². The molecule has 4 nitrogen and oxygen atoms in total. The van der Waals surface area contributed by atoms with Crippen molar-refractivity contribution in [2.45, 2.75) is 32.2 Å². The number of benzene rings is 1. The number of amides is 2. The van der Waals surface area contributed by atoms with Crippen LogP contribution in [-0.2, 0) is 4.79 Å². The second-order valence-electron chi connectivity index (χ2n) is 6.35. The molecule has 0 spiro atoms. The molecule has 0 bridgehead atoms. The monoisotopic (exact) mass is 338 g/mol. The fourth-order valence-electron chi connectivity index (χ4n) is 3.76. The first kappa shape index (κ1) is 16.2. The van der Waals surface area contributed by atoms with E-state index >= 15 is 0 Å². The summed E-state index contributed by atoms with van der Waals surface area (Å²) in [6.45, 7) is 3.54. The highest BCUT2D eigenvalue weighted by atomic mass is 35.5. The molecule has 2 fully saturated rings. The molecule has 6 heteroatoms. The van der Waals surface area contributed by atoms with Crippen LogP contribution in [0.5, 0.6) is 0 Å². The van der Waals surface area contributed by atoms with Gasteiger partial charge in [0.05, 0.1) is 5.56 Å². The van der Waals surface area contributed by atoms with Crippen molar-refractivity contribution in [2.75, 3.05) is 19.6 Å². The highest BCUT2D eigenvalue weighted by Crippen LogP contribution is 2.32. The van der Waals surface area contributed by atoms with Gasteiger partial charge in [0.25, 0.3) is 5.91 Å². The van der Waals surface area contributed by atoms with Crippen molar-refractivity contribution in [1.82, 2.24) is 9.80 Å². The third-order valence-corrected chi connectivity index (χ3v) is 5.17. The van der Waals surface area contributed by atoms with E-state index in [-0.39, 0.29) is 29.3 Å². The first-order valence-electron chi connectivity index (χ1n) is 7.99. The van der Waals surface area contributed by atoms with Crippen LogP contribution >= 0.6 is 11.6 Å². The molecule has 2 aliphatic rings. The Bertz CT molecular complexity index is 637. The zero-order valence-electron chi connectivity index (χ0n) is 13.1. The van der Waals surface area contributed by atoms with E-state index in [0.29, 0.717) is 24.7 Å². The molecule has 2 heterocycles. The lowest BCUT2D eigenvalue weighted by atomic mass is 9.83. The molecule has 1 aromatic rings. The van der Waals surface area contributed by atoms with Gasteiger partial charge >= 0.3 is 0 Å². The second-order valence-corrected chi connectivity index (χ2v) is 6.78. The molecule has 1 aromatic carbocycles. The number of carbonyl (C=O) groups is 2. The molecule has 0 unspecified atom stereocenters. The van der Waals surface area contributed by atoms with E-state index in [1.807, 2.05) is 4.90 Å². The van der Waals surface area contributed by atoms with Crippen molar-refractivity contribution >= 4 is 23.4 Å². The van der Waals surface area contributed by atoms with Crippen LogP contribution in [0.3, 0.4) is 0 Å². The van der Waals surface area contributed by atoms with Gasteiger partial charge < -0.3 is 9.80 Å². The average Bonchev–Trinajstić information content (AvgIpc) is 2.55. The Kier molecular flexibility index (Phi) is 4.57. The summed E-state index contributed by atoms with van der Waals surface area (Å²) in [7, 11) is 0. The average molecular weight is 339 g/mol. The Morgan fingerprint density at radius 1 is 1.26 bits per heavy atom. The number of rotatable bonds is 1. The number of hydrogen-bond acceptors (Lipinski definition) is 2. The summed E-state index contributed by atoms with van der Waals surface area (Å²) in [5.41, 5.74) is 0.0344. The highest BCUT2D eigenvalue weighted by Gasteiger charge is 2.39. The minimum absolute atomic E-state index is 0.0344. The Balaban J connectivity index is 1.81. The fourth-order valence-corrected chi connectivity index (χ4v) is 3.93. The van der Waals surface area contributed by atoms with Gasteiger partial charge in [-0.15, -0.1) is 0 Å². The maximum atomic E-state index is 14.0. The molecule has 2 saturated heterocycles. The Labute approximate surface area is 140 Å². The number of hydrogen-bond donors (Lipinski definition) is 0. The normalized spacial score (nSPS) is 24.3. The Morgan fingerprint density at radius 2 is 2.04 bits per heavy atom. The quantitative estimate of drug-likeness (QED) is 0.790. The largest absolute Gasteiger partial charge is 0.343 e. The predicted octanol–water partition coefficient (Wildman–Crippen LogP) is 2.95. The lowest BCUT2D eigenvalue weighted by Crippen LogP contribution is -2.56. The number of piperidine rings is 2. The summed E-state index contributed by atoms with van der Waals surface area (Å²) < 4.78 is 14.0. The van der Waals surface area contributed by atoms with Gasteiger partial charge in [-0.3, -0.25) is 9.59 Å². The van der Waals surface area contributed by atoms with Gasteiger partial charge in [0.1, 0.15) is 5.82 Å². The van der Waals surface area contributed by atoms with Crippen LogP contribution < -0.4 is 0 Å². The summed E-state index contributed by atoms with van der Waals surface area (Å²) in [4.78, 5) is 28.0. The number of fused-ring (bicyclic) bond motifs is 1. The first-order chi connectivity index (χ1) is 11.0. The fraction of sp³-hybridized carbons (Fsp3) is 0.529. The van der Waals surface area contributed by atoms with Gasteiger partial charge in [0.2, 0.25) is 5.91 Å².